The maximum atomic E-state index is 4.86. The van der Waals surface area contributed by atoms with E-state index < -0.39 is 0 Å². The molecule has 1 rings (SSSR count). The van der Waals surface area contributed by atoms with Gasteiger partial charge in [0.25, 0.3) is 0 Å². The van der Waals surface area contributed by atoms with Gasteiger partial charge in [-0.25, -0.2) is 0 Å². The van der Waals surface area contributed by atoms with Crippen molar-refractivity contribution in [1.82, 2.24) is 0 Å². The average molecular weight is 167 g/mol. The fraction of sp³-hybridized carbons (Fsp3) is 1.00. The normalized spacial score (nSPS) is 22.3. The van der Waals surface area contributed by atoms with Crippen LogP contribution in [0.4, 0.5) is 0 Å². The molecule has 0 bridgehead atoms. The van der Waals surface area contributed by atoms with Crippen molar-refractivity contribution in [2.45, 2.75) is 11.7 Å². The summed E-state index contributed by atoms with van der Waals surface area (Å²) >= 11 is 5.54. The van der Waals surface area contributed by atoms with Crippen molar-refractivity contribution in [3.63, 3.8) is 0 Å². The first-order valence-corrected chi connectivity index (χ1v) is 4.31. The Bertz CT molecular complexity index is 65.2. The van der Waals surface area contributed by atoms with E-state index in [9.17, 15) is 0 Å². The summed E-state index contributed by atoms with van der Waals surface area (Å²) in [6.45, 7) is 1.16. The van der Waals surface area contributed by atoms with E-state index >= 15 is 0 Å². The van der Waals surface area contributed by atoms with E-state index in [1.54, 1.807) is 0 Å². The van der Waals surface area contributed by atoms with Gasteiger partial charge in [-0.15, -0.1) is 0 Å². The third-order valence-electron chi connectivity index (χ3n) is 0.720. The van der Waals surface area contributed by atoms with Gasteiger partial charge in [0.15, 0.2) is 0 Å². The zero-order valence-corrected chi connectivity index (χ0v) is 5.91. The molecule has 0 aromatic carbocycles. The van der Waals surface area contributed by atoms with Gasteiger partial charge in [-0.2, -0.15) is 0 Å². The van der Waals surface area contributed by atoms with E-state index in [-0.39, 0.29) is 0 Å². The fourth-order valence-corrected chi connectivity index (χ4v) is 2.45. The molecule has 1 fully saturated rings. The van der Waals surface area contributed by atoms with Crippen LogP contribution in [-0.4, -0.2) is 24.7 Å². The molecule has 1 aliphatic rings. The maximum absolute atomic E-state index is 4.86. The van der Waals surface area contributed by atoms with E-state index in [4.69, 9.17) is 12.4 Å². The Kier molecular flexibility index (Phi) is 1.57. The molecule has 1 aliphatic heterocycles. The molecule has 1 heterocycles. The summed E-state index contributed by atoms with van der Waals surface area (Å²) in [5.41, 5.74) is 0. The summed E-state index contributed by atoms with van der Waals surface area (Å²) < 4.78 is 2.01. The van der Waals surface area contributed by atoms with Crippen molar-refractivity contribution >= 4 is 27.6 Å². The van der Waals surface area contributed by atoms with Gasteiger partial charge in [-0.1, -0.05) is 0 Å². The molecule has 0 aromatic heterocycles. The van der Waals surface area contributed by atoms with Crippen molar-refractivity contribution in [3.8, 4) is 0 Å². The van der Waals surface area contributed by atoms with Crippen LogP contribution < -0.4 is 0 Å². The van der Waals surface area contributed by atoms with Crippen LogP contribution in [0.5, 0.6) is 0 Å². The first kappa shape index (κ1) is 4.69. The van der Waals surface area contributed by atoms with Crippen molar-refractivity contribution < 1.29 is 2.96 Å². The third-order valence-corrected chi connectivity index (χ3v) is 3.43. The van der Waals surface area contributed by atoms with Crippen LogP contribution in [0.25, 0.3) is 0 Å². The van der Waals surface area contributed by atoms with Crippen molar-refractivity contribution in [3.05, 3.63) is 0 Å². The Hall–Kier alpha value is 0.539. The topological polar surface area (TPSA) is 3.01 Å². The summed E-state index contributed by atoms with van der Waals surface area (Å²) in [4.78, 5) is 0. The van der Waals surface area contributed by atoms with Crippen molar-refractivity contribution in [2.24, 2.45) is 0 Å². The van der Waals surface area contributed by atoms with Gasteiger partial charge in [-0.3, -0.25) is 0 Å². The molecule has 0 aliphatic carbocycles. The zero-order chi connectivity index (χ0) is 4.41. The first-order valence-electron chi connectivity index (χ1n) is 1.97. The molecule has 1 nitrogen and oxygen atoms in total. The molecule has 3 heteroatoms. The molecule has 0 amide bonds. The predicted molar refractivity (Wildman–Crippen MR) is 27.7 cm³/mol. The fourth-order valence-electron chi connectivity index (χ4n) is 0.425. The molecule has 34 valence electrons. The second-order valence-electron chi connectivity index (χ2n) is 1.24. The van der Waals surface area contributed by atoms with Gasteiger partial charge in [0.2, 0.25) is 0 Å². The average Bonchev–Trinajstić information content (AvgIpc) is 1.86. The standard InChI is InChI=1S/C3H6NSSe/c5-4-2-1-3-6-4/h1-3H2/q+1. The molecule has 0 spiro atoms. The summed E-state index contributed by atoms with van der Waals surface area (Å²) in [7, 11) is 0. The first-order chi connectivity index (χ1) is 2.89. The molecule has 0 saturated carbocycles. The van der Waals surface area contributed by atoms with Crippen molar-refractivity contribution in [1.29, 1.82) is 0 Å². The summed E-state index contributed by atoms with van der Waals surface area (Å²) in [5, 5.41) is 1.37. The van der Waals surface area contributed by atoms with Gasteiger partial charge in [0.1, 0.15) is 0 Å². The molecule has 0 unspecified atom stereocenters. The van der Waals surface area contributed by atoms with Crippen LogP contribution in [0.15, 0.2) is 0 Å². The van der Waals surface area contributed by atoms with Crippen LogP contribution in [0.2, 0.25) is 5.32 Å². The Morgan fingerprint density at radius 3 is 2.67 bits per heavy atom. The number of hydrogen-bond acceptors (Lipinski definition) is 1. The van der Waals surface area contributed by atoms with E-state index in [1.807, 2.05) is 2.96 Å². The second-order valence-corrected chi connectivity index (χ2v) is 4.53. The third kappa shape index (κ3) is 1.00. The monoisotopic (exact) mass is 168 g/mol. The minimum absolute atomic E-state index is 0.676. The van der Waals surface area contributed by atoms with Gasteiger partial charge in [0.05, 0.1) is 0 Å². The van der Waals surface area contributed by atoms with Crippen molar-refractivity contribution in [2.75, 3.05) is 6.54 Å². The van der Waals surface area contributed by atoms with E-state index in [1.165, 1.54) is 11.7 Å². The predicted octanol–water partition coefficient (Wildman–Crippen LogP) is 0.171. The molecule has 0 aromatic rings. The van der Waals surface area contributed by atoms with Crippen LogP contribution in [0.1, 0.15) is 6.42 Å². The summed E-state index contributed by atoms with van der Waals surface area (Å²) in [6, 6.07) is 0. The van der Waals surface area contributed by atoms with E-state index in [0.29, 0.717) is 15.2 Å². The summed E-state index contributed by atoms with van der Waals surface area (Å²) in [6.07, 6.45) is 1.34. The van der Waals surface area contributed by atoms with E-state index in [2.05, 4.69) is 0 Å². The van der Waals surface area contributed by atoms with Gasteiger partial charge >= 0.3 is 48.8 Å². The zero-order valence-electron chi connectivity index (χ0n) is 3.39. The Morgan fingerprint density at radius 2 is 2.50 bits per heavy atom. The SMILES string of the molecule is S=[N+]1CCC[Se]1. The molecule has 0 radical (unpaired) electrons. The van der Waals surface area contributed by atoms with E-state index in [0.717, 1.165) is 6.54 Å². The van der Waals surface area contributed by atoms with Crippen LogP contribution in [0.3, 0.4) is 0 Å². The molecule has 6 heavy (non-hydrogen) atoms. The number of nitrogens with zero attached hydrogens (tertiary/aromatic N) is 1. The molecular formula is C3H6NSSe+. The minimum atomic E-state index is 0.676. The Balaban J connectivity index is 2.37. The number of rotatable bonds is 0. The van der Waals surface area contributed by atoms with Gasteiger partial charge < -0.3 is 0 Å². The van der Waals surface area contributed by atoms with Crippen LogP contribution in [-0.2, 0) is 12.4 Å². The molecule has 0 N–H and O–H groups in total. The van der Waals surface area contributed by atoms with Gasteiger partial charge in [0, 0.05) is 0 Å². The Labute approximate surface area is 49.3 Å². The Morgan fingerprint density at radius 1 is 1.67 bits per heavy atom. The molecular weight excluding hydrogens is 161 g/mol. The van der Waals surface area contributed by atoms with Crippen LogP contribution in [0, 0.1) is 0 Å². The second kappa shape index (κ2) is 2.01. The number of hydrogen-bond donors (Lipinski definition) is 0. The van der Waals surface area contributed by atoms with Gasteiger partial charge in [-0.05, 0) is 0 Å². The summed E-state index contributed by atoms with van der Waals surface area (Å²) in [5.74, 6) is 0. The van der Waals surface area contributed by atoms with Crippen LogP contribution >= 0.6 is 0 Å². The molecule has 0 atom stereocenters. The molecule has 1 saturated heterocycles. The quantitative estimate of drug-likeness (QED) is 0.465.